The number of hydrogen-bond donors (Lipinski definition) is 0. The third kappa shape index (κ3) is 2.66. The van der Waals surface area contributed by atoms with Crippen LogP contribution in [-0.2, 0) is 4.74 Å². The van der Waals surface area contributed by atoms with Gasteiger partial charge in [-0.3, -0.25) is 9.78 Å². The summed E-state index contributed by atoms with van der Waals surface area (Å²) in [6.45, 7) is 6.15. The zero-order chi connectivity index (χ0) is 16.7. The van der Waals surface area contributed by atoms with Crippen LogP contribution in [0.4, 0.5) is 0 Å². The Labute approximate surface area is 139 Å². The molecule has 1 amide bonds. The fourth-order valence-electron chi connectivity index (χ4n) is 3.55. The number of ether oxygens (including phenoxy) is 1. The molecule has 8 nitrogen and oxygen atoms in total. The maximum atomic E-state index is 12.7. The van der Waals surface area contributed by atoms with E-state index < -0.39 is 0 Å². The molecule has 8 heteroatoms. The van der Waals surface area contributed by atoms with E-state index in [1.54, 1.807) is 13.1 Å². The van der Waals surface area contributed by atoms with Gasteiger partial charge < -0.3 is 14.2 Å². The van der Waals surface area contributed by atoms with Crippen molar-refractivity contribution >= 4 is 5.91 Å². The number of amides is 1. The fraction of sp³-hybridized carbons (Fsp3) is 0.562. The van der Waals surface area contributed by atoms with Gasteiger partial charge in [0, 0.05) is 25.2 Å². The van der Waals surface area contributed by atoms with E-state index in [0.29, 0.717) is 43.7 Å². The van der Waals surface area contributed by atoms with Crippen LogP contribution in [0.1, 0.15) is 33.8 Å². The van der Waals surface area contributed by atoms with Crippen molar-refractivity contribution in [1.29, 1.82) is 0 Å². The topological polar surface area (TPSA) is 94.2 Å². The van der Waals surface area contributed by atoms with Gasteiger partial charge in [0.1, 0.15) is 5.69 Å². The zero-order valence-corrected chi connectivity index (χ0v) is 13.7. The molecule has 0 N–H and O–H groups in total. The number of likely N-dealkylation sites (tertiary alicyclic amines) is 1. The lowest BCUT2D eigenvalue weighted by Gasteiger charge is -2.30. The summed E-state index contributed by atoms with van der Waals surface area (Å²) in [6, 6.07) is 0. The molecule has 0 radical (unpaired) electrons. The minimum atomic E-state index is -0.0858. The van der Waals surface area contributed by atoms with Gasteiger partial charge in [-0.05, 0) is 19.8 Å². The molecule has 2 fully saturated rings. The molecule has 2 saturated heterocycles. The monoisotopic (exact) mass is 329 g/mol. The van der Waals surface area contributed by atoms with Crippen molar-refractivity contribution in [3.63, 3.8) is 0 Å². The van der Waals surface area contributed by atoms with Crippen LogP contribution in [0.3, 0.4) is 0 Å². The number of carbonyl (C=O) groups is 1. The Kier molecular flexibility index (Phi) is 3.76. The summed E-state index contributed by atoms with van der Waals surface area (Å²) in [7, 11) is 0. The predicted octanol–water partition coefficient (Wildman–Crippen LogP) is 0.979. The van der Waals surface area contributed by atoms with Gasteiger partial charge in [0.25, 0.3) is 5.91 Å². The number of hydrogen-bond acceptors (Lipinski definition) is 7. The van der Waals surface area contributed by atoms with E-state index in [4.69, 9.17) is 9.26 Å². The van der Waals surface area contributed by atoms with Crippen molar-refractivity contribution < 1.29 is 14.1 Å². The zero-order valence-electron chi connectivity index (χ0n) is 13.7. The van der Waals surface area contributed by atoms with Gasteiger partial charge in [-0.2, -0.15) is 4.98 Å². The van der Waals surface area contributed by atoms with Gasteiger partial charge in [0.15, 0.2) is 5.82 Å². The highest BCUT2D eigenvalue weighted by Gasteiger charge is 2.45. The van der Waals surface area contributed by atoms with Crippen molar-refractivity contribution in [2.75, 3.05) is 26.3 Å². The average molecular weight is 329 g/mol. The molecule has 4 rings (SSSR count). The van der Waals surface area contributed by atoms with Gasteiger partial charge in [-0.1, -0.05) is 5.16 Å². The van der Waals surface area contributed by atoms with Crippen LogP contribution in [0.15, 0.2) is 16.9 Å². The summed E-state index contributed by atoms with van der Waals surface area (Å²) in [6.07, 6.45) is 3.15. The third-order valence-electron chi connectivity index (χ3n) is 4.79. The molecule has 0 saturated carbocycles. The van der Waals surface area contributed by atoms with Gasteiger partial charge >= 0.3 is 0 Å². The highest BCUT2D eigenvalue weighted by atomic mass is 16.5. The summed E-state index contributed by atoms with van der Waals surface area (Å²) < 4.78 is 11.1. The number of fused-ring (bicyclic) bond motifs is 1. The van der Waals surface area contributed by atoms with E-state index in [0.717, 1.165) is 5.69 Å². The van der Waals surface area contributed by atoms with Crippen molar-refractivity contribution in [2.45, 2.75) is 19.8 Å². The molecule has 3 atom stereocenters. The Morgan fingerprint density at radius 1 is 1.21 bits per heavy atom. The normalized spacial score (nSPS) is 26.4. The Balaban J connectivity index is 1.53. The molecule has 2 aromatic rings. The minimum Gasteiger partial charge on any atom is -0.380 e. The molecule has 0 aromatic carbocycles. The fourth-order valence-corrected chi connectivity index (χ4v) is 3.55. The summed E-state index contributed by atoms with van der Waals surface area (Å²) >= 11 is 0. The quantitative estimate of drug-likeness (QED) is 0.810. The largest absolute Gasteiger partial charge is 0.380 e. The molecular formula is C16H19N5O3. The van der Waals surface area contributed by atoms with E-state index in [-0.39, 0.29) is 23.7 Å². The highest BCUT2D eigenvalue weighted by molar-refractivity contribution is 5.92. The summed E-state index contributed by atoms with van der Waals surface area (Å²) in [4.78, 5) is 27.2. The molecule has 0 spiro atoms. The number of aromatic nitrogens is 4. The molecule has 0 unspecified atom stereocenters. The predicted molar refractivity (Wildman–Crippen MR) is 82.2 cm³/mol. The first-order valence-corrected chi connectivity index (χ1v) is 8.07. The van der Waals surface area contributed by atoms with Crippen LogP contribution in [0.25, 0.3) is 0 Å². The minimum absolute atomic E-state index is 0.0341. The van der Waals surface area contributed by atoms with Gasteiger partial charge in [0.05, 0.1) is 31.0 Å². The Morgan fingerprint density at radius 3 is 2.79 bits per heavy atom. The van der Waals surface area contributed by atoms with Gasteiger partial charge in [-0.25, -0.2) is 4.98 Å². The molecular weight excluding hydrogens is 310 g/mol. The van der Waals surface area contributed by atoms with E-state index in [9.17, 15) is 4.79 Å². The number of rotatable bonds is 2. The van der Waals surface area contributed by atoms with Crippen molar-refractivity contribution in [3.8, 4) is 0 Å². The molecule has 126 valence electrons. The first-order chi connectivity index (χ1) is 11.6. The maximum Gasteiger partial charge on any atom is 0.274 e. The number of nitrogens with zero attached hydrogens (tertiary/aromatic N) is 5. The lowest BCUT2D eigenvalue weighted by molar-refractivity contribution is 0.00992. The second-order valence-corrected chi connectivity index (χ2v) is 6.50. The van der Waals surface area contributed by atoms with Crippen LogP contribution in [0, 0.1) is 25.7 Å². The molecule has 2 aromatic heterocycles. The molecule has 24 heavy (non-hydrogen) atoms. The van der Waals surface area contributed by atoms with Crippen molar-refractivity contribution in [3.05, 3.63) is 35.5 Å². The molecule has 0 aliphatic carbocycles. The first kappa shape index (κ1) is 15.2. The highest BCUT2D eigenvalue weighted by Crippen LogP contribution is 2.39. The van der Waals surface area contributed by atoms with Crippen molar-refractivity contribution in [2.24, 2.45) is 11.8 Å². The third-order valence-corrected chi connectivity index (χ3v) is 4.79. The SMILES string of the molecule is Cc1cnc(C(=O)N2C[C@H]3COC[C@@H](c4nc(C)no4)[C@H]3C2)cn1. The Bertz CT molecular complexity index is 744. The molecule has 2 aliphatic rings. The van der Waals surface area contributed by atoms with Crippen LogP contribution in [0.2, 0.25) is 0 Å². The van der Waals surface area contributed by atoms with Crippen LogP contribution in [0.5, 0.6) is 0 Å². The summed E-state index contributed by atoms with van der Waals surface area (Å²) in [5, 5.41) is 3.88. The second-order valence-electron chi connectivity index (χ2n) is 6.50. The molecule has 2 aliphatic heterocycles. The number of carbonyl (C=O) groups excluding carboxylic acids is 1. The standard InChI is InChI=1S/C16H19N5O3/c1-9-3-18-14(4-17-9)16(22)21-5-11-7-23-8-13(12(11)6-21)15-19-10(2)20-24-15/h3-4,11-13H,5-8H2,1-2H3/t11-,12-,13+/m0/s1. The summed E-state index contributed by atoms with van der Waals surface area (Å²) in [5.41, 5.74) is 1.17. The van der Waals surface area contributed by atoms with E-state index in [2.05, 4.69) is 20.1 Å². The van der Waals surface area contributed by atoms with Gasteiger partial charge in [0.2, 0.25) is 5.89 Å². The Morgan fingerprint density at radius 2 is 2.08 bits per heavy atom. The smallest absolute Gasteiger partial charge is 0.274 e. The molecule has 4 heterocycles. The lowest BCUT2D eigenvalue weighted by Crippen LogP contribution is -2.33. The van der Waals surface area contributed by atoms with E-state index in [1.165, 1.54) is 6.20 Å². The van der Waals surface area contributed by atoms with Crippen LogP contribution in [-0.4, -0.2) is 57.2 Å². The average Bonchev–Trinajstić information content (AvgIpc) is 3.20. The van der Waals surface area contributed by atoms with E-state index >= 15 is 0 Å². The Hall–Kier alpha value is -2.35. The first-order valence-electron chi connectivity index (χ1n) is 8.07. The second kappa shape index (κ2) is 5.94. The van der Waals surface area contributed by atoms with Gasteiger partial charge in [-0.15, -0.1) is 0 Å². The summed E-state index contributed by atoms with van der Waals surface area (Å²) in [5.74, 6) is 1.71. The van der Waals surface area contributed by atoms with Crippen LogP contribution >= 0.6 is 0 Å². The van der Waals surface area contributed by atoms with E-state index in [1.807, 2.05) is 11.8 Å². The lowest BCUT2D eigenvalue weighted by atomic mass is 9.83. The van der Waals surface area contributed by atoms with Crippen molar-refractivity contribution in [1.82, 2.24) is 25.0 Å². The molecule has 0 bridgehead atoms. The maximum absolute atomic E-state index is 12.7. The number of aryl methyl sites for hydroxylation is 2. The van der Waals surface area contributed by atoms with Crippen LogP contribution < -0.4 is 0 Å².